The number of aryl methyl sites for hydroxylation is 1. The Morgan fingerprint density at radius 2 is 2.26 bits per heavy atom. The van der Waals surface area contributed by atoms with Crippen LogP contribution in [0.25, 0.3) is 11.5 Å². The maximum atomic E-state index is 4.43. The van der Waals surface area contributed by atoms with E-state index in [0.717, 1.165) is 24.4 Å². The molecule has 2 aromatic rings. The van der Waals surface area contributed by atoms with Crippen LogP contribution in [0.15, 0.2) is 48.5 Å². The normalized spacial score (nSPS) is 13.2. The lowest BCUT2D eigenvalue weighted by atomic mass is 10.1. The average Bonchev–Trinajstić information content (AvgIpc) is 2.96. The van der Waals surface area contributed by atoms with Crippen LogP contribution in [0.5, 0.6) is 0 Å². The number of aromatic nitrogens is 5. The Morgan fingerprint density at radius 1 is 1.26 bits per heavy atom. The number of allylic oxidation sites excluding steroid dienone is 6. The number of H-pyrrole nitrogens is 1. The highest BCUT2D eigenvalue weighted by Crippen LogP contribution is 2.13. The van der Waals surface area contributed by atoms with Crippen molar-refractivity contribution in [3.05, 3.63) is 60.4 Å². The molecule has 0 spiro atoms. The average molecular weight is 250 g/mol. The molecule has 2 aromatic heterocycles. The van der Waals surface area contributed by atoms with Gasteiger partial charge >= 0.3 is 0 Å². The maximum absolute atomic E-state index is 4.43. The van der Waals surface area contributed by atoms with E-state index in [1.807, 2.05) is 18.2 Å². The Bertz CT molecular complexity index is 637. The van der Waals surface area contributed by atoms with Crippen LogP contribution in [-0.4, -0.2) is 25.1 Å². The van der Waals surface area contributed by atoms with Crippen molar-refractivity contribution < 1.29 is 0 Å². The molecule has 92 valence electrons. The summed E-state index contributed by atoms with van der Waals surface area (Å²) in [5.74, 6) is 1.47. The van der Waals surface area contributed by atoms with E-state index in [4.69, 9.17) is 0 Å². The minimum absolute atomic E-state index is 0.608. The molecular weight excluding hydrogens is 238 g/mol. The van der Waals surface area contributed by atoms with Crippen LogP contribution in [0, 0.1) is 6.08 Å². The van der Waals surface area contributed by atoms with Crippen molar-refractivity contribution in [1.82, 2.24) is 25.1 Å². The van der Waals surface area contributed by atoms with Gasteiger partial charge in [0.25, 0.3) is 0 Å². The summed E-state index contributed by atoms with van der Waals surface area (Å²) in [5.41, 5.74) is 1.97. The monoisotopic (exact) mass is 250 g/mol. The van der Waals surface area contributed by atoms with E-state index in [9.17, 15) is 0 Å². The van der Waals surface area contributed by atoms with Crippen molar-refractivity contribution in [2.45, 2.75) is 12.8 Å². The molecule has 19 heavy (non-hydrogen) atoms. The minimum Gasteiger partial charge on any atom is -0.263 e. The highest BCUT2D eigenvalue weighted by Gasteiger charge is 2.09. The van der Waals surface area contributed by atoms with Crippen molar-refractivity contribution in [3.8, 4) is 11.5 Å². The second-order valence-electron chi connectivity index (χ2n) is 4.11. The summed E-state index contributed by atoms with van der Waals surface area (Å²) in [6, 6.07) is 1.79. The molecule has 0 unspecified atom stereocenters. The van der Waals surface area contributed by atoms with Gasteiger partial charge in [0.15, 0.2) is 5.82 Å². The van der Waals surface area contributed by atoms with Crippen molar-refractivity contribution in [3.63, 3.8) is 0 Å². The number of nitrogens with one attached hydrogen (secondary N) is 1. The zero-order chi connectivity index (χ0) is 12.9. The second kappa shape index (κ2) is 5.33. The third-order valence-electron chi connectivity index (χ3n) is 2.76. The SMILES string of the molecule is [C+]1=CC(CCc2nc(-c3ccncn3)n[nH]2)=CC=C1. The molecule has 0 saturated heterocycles. The Balaban J connectivity index is 1.67. The molecule has 0 aliphatic heterocycles. The molecular formula is C14H12N5+. The summed E-state index contributed by atoms with van der Waals surface area (Å²) >= 11 is 0. The first kappa shape index (κ1) is 11.4. The summed E-state index contributed by atoms with van der Waals surface area (Å²) in [6.07, 6.45) is 15.9. The Hall–Kier alpha value is -2.65. The van der Waals surface area contributed by atoms with Gasteiger partial charge in [0.1, 0.15) is 30.0 Å². The lowest BCUT2D eigenvalue weighted by molar-refractivity contribution is 0.867. The summed E-state index contributed by atoms with van der Waals surface area (Å²) in [7, 11) is 0. The zero-order valence-corrected chi connectivity index (χ0v) is 10.2. The molecule has 1 aliphatic carbocycles. The van der Waals surface area contributed by atoms with Gasteiger partial charge in [-0.05, 0) is 6.07 Å². The van der Waals surface area contributed by atoms with Crippen LogP contribution in [0.4, 0.5) is 0 Å². The molecule has 0 bridgehead atoms. The lowest BCUT2D eigenvalue weighted by Gasteiger charge is -1.94. The molecule has 0 radical (unpaired) electrons. The van der Waals surface area contributed by atoms with Gasteiger partial charge in [-0.1, -0.05) is 0 Å². The molecule has 5 nitrogen and oxygen atoms in total. The fraction of sp³-hybridized carbons (Fsp3) is 0.143. The summed E-state index contributed by atoms with van der Waals surface area (Å²) in [4.78, 5) is 12.4. The van der Waals surface area contributed by atoms with Crippen LogP contribution >= 0.6 is 0 Å². The smallest absolute Gasteiger partial charge is 0.199 e. The number of aromatic amines is 1. The fourth-order valence-corrected chi connectivity index (χ4v) is 1.79. The molecule has 0 fully saturated rings. The Labute approximate surface area is 110 Å². The Morgan fingerprint density at radius 3 is 3.05 bits per heavy atom. The van der Waals surface area contributed by atoms with Crippen LogP contribution in [0.3, 0.4) is 0 Å². The zero-order valence-electron chi connectivity index (χ0n) is 10.2. The summed E-state index contributed by atoms with van der Waals surface area (Å²) < 4.78 is 0. The van der Waals surface area contributed by atoms with Crippen molar-refractivity contribution >= 4 is 0 Å². The van der Waals surface area contributed by atoms with E-state index in [1.165, 1.54) is 11.9 Å². The van der Waals surface area contributed by atoms with Crippen molar-refractivity contribution in [1.29, 1.82) is 0 Å². The molecule has 2 heterocycles. The predicted molar refractivity (Wildman–Crippen MR) is 70.8 cm³/mol. The van der Waals surface area contributed by atoms with Crippen molar-refractivity contribution in [2.24, 2.45) is 0 Å². The van der Waals surface area contributed by atoms with E-state index in [2.05, 4.69) is 37.3 Å². The number of nitrogens with zero attached hydrogens (tertiary/aromatic N) is 4. The summed E-state index contributed by atoms with van der Waals surface area (Å²) in [5, 5.41) is 7.11. The largest absolute Gasteiger partial charge is 0.263 e. The van der Waals surface area contributed by atoms with Gasteiger partial charge in [-0.2, -0.15) is 5.10 Å². The van der Waals surface area contributed by atoms with E-state index in [0.29, 0.717) is 5.82 Å². The predicted octanol–water partition coefficient (Wildman–Crippen LogP) is 2.05. The van der Waals surface area contributed by atoms with Gasteiger partial charge in [-0.15, -0.1) is 0 Å². The minimum atomic E-state index is 0.608. The first-order valence-electron chi connectivity index (χ1n) is 6.04. The fourth-order valence-electron chi connectivity index (χ4n) is 1.79. The molecule has 0 saturated carbocycles. The highest BCUT2D eigenvalue weighted by molar-refractivity contribution is 5.46. The standard InChI is InChI=1S/C14H12N5/c1-2-4-11(5-3-1)6-7-13-17-14(19-18-13)12-8-9-15-10-16-12/h1-2,4-5,8-10H,6-7H2,(H,17,18,19)/q+1. The van der Waals surface area contributed by atoms with Gasteiger partial charge in [-0.25, -0.2) is 15.0 Å². The van der Waals surface area contributed by atoms with Gasteiger partial charge in [0.2, 0.25) is 0 Å². The second-order valence-corrected chi connectivity index (χ2v) is 4.11. The molecule has 1 aliphatic rings. The lowest BCUT2D eigenvalue weighted by Crippen LogP contribution is -1.91. The van der Waals surface area contributed by atoms with E-state index < -0.39 is 0 Å². The van der Waals surface area contributed by atoms with Crippen LogP contribution in [-0.2, 0) is 6.42 Å². The van der Waals surface area contributed by atoms with E-state index in [1.54, 1.807) is 12.3 Å². The third-order valence-corrected chi connectivity index (χ3v) is 2.76. The van der Waals surface area contributed by atoms with Crippen LogP contribution in [0.2, 0.25) is 0 Å². The quantitative estimate of drug-likeness (QED) is 0.843. The number of rotatable bonds is 4. The van der Waals surface area contributed by atoms with E-state index >= 15 is 0 Å². The van der Waals surface area contributed by atoms with Gasteiger partial charge in [0.05, 0.1) is 11.6 Å². The van der Waals surface area contributed by atoms with Crippen molar-refractivity contribution in [2.75, 3.05) is 0 Å². The van der Waals surface area contributed by atoms with Crippen LogP contribution < -0.4 is 0 Å². The molecule has 3 rings (SSSR count). The first-order valence-corrected chi connectivity index (χ1v) is 6.04. The maximum Gasteiger partial charge on any atom is 0.199 e. The third kappa shape index (κ3) is 2.78. The number of hydrogen-bond acceptors (Lipinski definition) is 4. The molecule has 5 heteroatoms. The number of hydrogen-bond donors (Lipinski definition) is 1. The first-order chi connectivity index (χ1) is 9.42. The van der Waals surface area contributed by atoms with Gasteiger partial charge in [-0.3, -0.25) is 5.10 Å². The molecule has 1 N–H and O–H groups in total. The Kier molecular flexibility index (Phi) is 3.21. The van der Waals surface area contributed by atoms with Gasteiger partial charge in [0, 0.05) is 31.2 Å². The summed E-state index contributed by atoms with van der Waals surface area (Å²) in [6.45, 7) is 0. The van der Waals surface area contributed by atoms with Crippen LogP contribution in [0.1, 0.15) is 12.2 Å². The molecule has 0 atom stereocenters. The van der Waals surface area contributed by atoms with Gasteiger partial charge < -0.3 is 0 Å². The topological polar surface area (TPSA) is 67.3 Å². The molecule has 0 amide bonds. The van der Waals surface area contributed by atoms with E-state index in [-0.39, 0.29) is 0 Å². The highest BCUT2D eigenvalue weighted by atomic mass is 15.2. The molecule has 0 aromatic carbocycles.